The summed E-state index contributed by atoms with van der Waals surface area (Å²) in [4.78, 5) is 11.7. The summed E-state index contributed by atoms with van der Waals surface area (Å²) in [5.41, 5.74) is 6.14. The van der Waals surface area contributed by atoms with E-state index in [1.165, 1.54) is 11.3 Å². The van der Waals surface area contributed by atoms with Crippen molar-refractivity contribution in [3.05, 3.63) is 17.4 Å². The zero-order valence-corrected chi connectivity index (χ0v) is 12.1. The van der Waals surface area contributed by atoms with E-state index >= 15 is 0 Å². The fourth-order valence-corrected chi connectivity index (χ4v) is 2.12. The van der Waals surface area contributed by atoms with Gasteiger partial charge >= 0.3 is 6.03 Å². The van der Waals surface area contributed by atoms with Crippen molar-refractivity contribution in [2.24, 2.45) is 0 Å². The molecule has 0 atom stereocenters. The lowest BCUT2D eigenvalue weighted by Gasteiger charge is -2.05. The number of nitrogens with two attached hydrogens (primary N) is 1. The van der Waals surface area contributed by atoms with Crippen LogP contribution in [0.5, 0.6) is 0 Å². The highest BCUT2D eigenvalue weighted by Gasteiger charge is 2.06. The summed E-state index contributed by atoms with van der Waals surface area (Å²) in [7, 11) is 0. The van der Waals surface area contributed by atoms with Crippen LogP contribution in [0.15, 0.2) is 12.4 Å². The summed E-state index contributed by atoms with van der Waals surface area (Å²) in [6.45, 7) is 4.51. The lowest BCUT2D eigenvalue weighted by atomic mass is 10.4. The van der Waals surface area contributed by atoms with Gasteiger partial charge in [-0.15, -0.1) is 10.2 Å². The number of carbonyl (C=O) groups excluding carboxylic acids is 1. The number of nitrogens with one attached hydrogen (secondary N) is 2. The van der Waals surface area contributed by atoms with Gasteiger partial charge in [-0.05, 0) is 13.8 Å². The molecule has 0 spiro atoms. The molecule has 9 heteroatoms. The third-order valence-electron chi connectivity index (χ3n) is 2.50. The van der Waals surface area contributed by atoms with Gasteiger partial charge < -0.3 is 16.4 Å². The number of aromatic nitrogens is 4. The van der Waals surface area contributed by atoms with Crippen LogP contribution >= 0.6 is 11.3 Å². The summed E-state index contributed by atoms with van der Waals surface area (Å²) >= 11 is 1.32. The molecule has 2 rings (SSSR count). The second kappa shape index (κ2) is 6.33. The minimum atomic E-state index is -0.272. The van der Waals surface area contributed by atoms with Gasteiger partial charge in [-0.1, -0.05) is 11.3 Å². The number of urea groups is 1. The maximum atomic E-state index is 11.7. The van der Waals surface area contributed by atoms with Crippen LogP contribution in [0.3, 0.4) is 0 Å². The Hall–Kier alpha value is -2.16. The summed E-state index contributed by atoms with van der Waals surface area (Å²) in [6.07, 6.45) is 4.01. The molecule has 0 aliphatic rings. The predicted molar refractivity (Wildman–Crippen MR) is 77.7 cm³/mol. The third-order valence-corrected chi connectivity index (χ3v) is 3.31. The number of hydrogen-bond donors (Lipinski definition) is 3. The minimum absolute atomic E-state index is 0.261. The molecule has 8 nitrogen and oxygen atoms in total. The molecule has 108 valence electrons. The number of nitrogen functional groups attached to an aromatic ring is 1. The van der Waals surface area contributed by atoms with Crippen molar-refractivity contribution in [1.82, 2.24) is 25.3 Å². The highest BCUT2D eigenvalue weighted by atomic mass is 32.1. The number of amides is 2. The molecule has 0 fully saturated rings. The van der Waals surface area contributed by atoms with Crippen molar-refractivity contribution in [2.45, 2.75) is 26.3 Å². The van der Waals surface area contributed by atoms with Gasteiger partial charge in [-0.2, -0.15) is 5.10 Å². The van der Waals surface area contributed by atoms with Crippen LogP contribution in [-0.2, 0) is 6.42 Å². The number of rotatable bonds is 5. The molecule has 0 unspecified atom stereocenters. The monoisotopic (exact) mass is 295 g/mol. The van der Waals surface area contributed by atoms with Gasteiger partial charge in [-0.25, -0.2) is 4.79 Å². The summed E-state index contributed by atoms with van der Waals surface area (Å²) in [6, 6.07) is -0.0118. The predicted octanol–water partition coefficient (Wildman–Crippen LogP) is 1.26. The smallest absolute Gasteiger partial charge is 0.319 e. The van der Waals surface area contributed by atoms with Gasteiger partial charge in [0.25, 0.3) is 0 Å². The molecule has 20 heavy (non-hydrogen) atoms. The van der Waals surface area contributed by atoms with E-state index < -0.39 is 0 Å². The maximum absolute atomic E-state index is 11.7. The molecule has 2 heterocycles. The molecular weight excluding hydrogens is 278 g/mol. The molecule has 0 aliphatic carbocycles. The Morgan fingerprint density at radius 2 is 2.30 bits per heavy atom. The Bertz CT molecular complexity index is 577. The largest absolute Gasteiger partial charge is 0.374 e. The van der Waals surface area contributed by atoms with Gasteiger partial charge in [0.2, 0.25) is 5.13 Å². The van der Waals surface area contributed by atoms with Crippen LogP contribution in [0, 0.1) is 0 Å². The molecule has 4 N–H and O–H groups in total. The second-order valence-electron chi connectivity index (χ2n) is 4.47. The summed E-state index contributed by atoms with van der Waals surface area (Å²) < 4.78 is 1.78. The molecule has 0 aromatic carbocycles. The molecule has 2 amide bonds. The standard InChI is InChI=1S/C11H17N7OS/c1-7(2)18-6-8(5-14-18)15-11(19)13-4-3-9-16-17-10(12)20-9/h5-7H,3-4H2,1-2H3,(H2,12,17)(H2,13,15,19). The average Bonchev–Trinajstić information content (AvgIpc) is 2.99. The van der Waals surface area contributed by atoms with E-state index in [2.05, 4.69) is 25.9 Å². The third kappa shape index (κ3) is 3.92. The lowest BCUT2D eigenvalue weighted by molar-refractivity contribution is 0.252. The highest BCUT2D eigenvalue weighted by molar-refractivity contribution is 7.15. The number of hydrogen-bond acceptors (Lipinski definition) is 6. The van der Waals surface area contributed by atoms with Gasteiger partial charge in [-0.3, -0.25) is 4.68 Å². The fraction of sp³-hybridized carbons (Fsp3) is 0.455. The van der Waals surface area contributed by atoms with Crippen LogP contribution < -0.4 is 16.4 Å². The number of nitrogens with zero attached hydrogens (tertiary/aromatic N) is 4. The van der Waals surface area contributed by atoms with E-state index in [9.17, 15) is 4.79 Å². The van der Waals surface area contributed by atoms with Crippen molar-refractivity contribution in [3.63, 3.8) is 0 Å². The zero-order chi connectivity index (χ0) is 14.5. The van der Waals surface area contributed by atoms with Gasteiger partial charge in [0.05, 0.1) is 11.9 Å². The first-order chi connectivity index (χ1) is 9.54. The molecule has 0 saturated heterocycles. The fourth-order valence-electron chi connectivity index (χ4n) is 1.51. The minimum Gasteiger partial charge on any atom is -0.374 e. The van der Waals surface area contributed by atoms with Gasteiger partial charge in [0.1, 0.15) is 5.01 Å². The van der Waals surface area contributed by atoms with Crippen molar-refractivity contribution >= 4 is 28.2 Å². The van der Waals surface area contributed by atoms with Crippen LogP contribution in [0.25, 0.3) is 0 Å². The van der Waals surface area contributed by atoms with E-state index in [-0.39, 0.29) is 12.1 Å². The van der Waals surface area contributed by atoms with Crippen molar-refractivity contribution < 1.29 is 4.79 Å². The summed E-state index contributed by atoms with van der Waals surface area (Å²) in [5.74, 6) is 0. The van der Waals surface area contributed by atoms with E-state index in [0.717, 1.165) is 5.01 Å². The molecule has 0 saturated carbocycles. The van der Waals surface area contributed by atoms with Crippen LogP contribution in [0.2, 0.25) is 0 Å². The zero-order valence-electron chi connectivity index (χ0n) is 11.3. The van der Waals surface area contributed by atoms with Crippen molar-refractivity contribution in [2.75, 3.05) is 17.6 Å². The average molecular weight is 295 g/mol. The van der Waals surface area contributed by atoms with E-state index in [0.29, 0.717) is 23.8 Å². The first-order valence-corrected chi connectivity index (χ1v) is 7.03. The second-order valence-corrected chi connectivity index (χ2v) is 5.56. The summed E-state index contributed by atoms with van der Waals surface area (Å²) in [5, 5.41) is 18.4. The highest BCUT2D eigenvalue weighted by Crippen LogP contribution is 2.11. The van der Waals surface area contributed by atoms with E-state index in [1.807, 2.05) is 13.8 Å². The lowest BCUT2D eigenvalue weighted by Crippen LogP contribution is -2.30. The molecule has 0 radical (unpaired) electrons. The van der Waals surface area contributed by atoms with Crippen LogP contribution in [0.4, 0.5) is 15.6 Å². The molecule has 2 aromatic heterocycles. The quantitative estimate of drug-likeness (QED) is 0.769. The topological polar surface area (TPSA) is 111 Å². The van der Waals surface area contributed by atoms with Crippen molar-refractivity contribution in [3.8, 4) is 0 Å². The Kier molecular flexibility index (Phi) is 4.51. The Morgan fingerprint density at radius 3 is 2.90 bits per heavy atom. The number of anilines is 2. The molecular formula is C11H17N7OS. The Balaban J connectivity index is 1.74. The number of carbonyl (C=O) groups is 1. The Labute approximate surface area is 120 Å². The molecule has 0 bridgehead atoms. The molecule has 0 aliphatic heterocycles. The first-order valence-electron chi connectivity index (χ1n) is 6.21. The normalized spacial score (nSPS) is 10.8. The molecule has 2 aromatic rings. The van der Waals surface area contributed by atoms with Crippen molar-refractivity contribution in [1.29, 1.82) is 0 Å². The maximum Gasteiger partial charge on any atom is 0.319 e. The van der Waals surface area contributed by atoms with Crippen LogP contribution in [0.1, 0.15) is 24.9 Å². The van der Waals surface area contributed by atoms with Crippen LogP contribution in [-0.4, -0.2) is 32.6 Å². The van der Waals surface area contributed by atoms with E-state index in [4.69, 9.17) is 5.73 Å². The Morgan fingerprint density at radius 1 is 1.50 bits per heavy atom. The SMILES string of the molecule is CC(C)n1cc(NC(=O)NCCc2nnc(N)s2)cn1. The van der Waals surface area contributed by atoms with Gasteiger partial charge in [0.15, 0.2) is 0 Å². The van der Waals surface area contributed by atoms with Gasteiger partial charge in [0, 0.05) is 25.2 Å². The van der Waals surface area contributed by atoms with E-state index in [1.54, 1.807) is 17.1 Å². The first kappa shape index (κ1) is 14.3.